The lowest BCUT2D eigenvalue weighted by Crippen LogP contribution is -2.26. The molecule has 0 spiro atoms. The first-order chi connectivity index (χ1) is 7.81. The molecule has 0 radical (unpaired) electrons. The fraction of sp³-hybridized carbons (Fsp3) is 0.462. The Hall–Kier alpha value is -1.35. The van der Waals surface area contributed by atoms with Crippen molar-refractivity contribution in [2.45, 2.75) is 26.4 Å². The Morgan fingerprint density at radius 1 is 1.44 bits per heavy atom. The normalized spacial score (nSPS) is 19.4. The van der Waals surface area contributed by atoms with Crippen LogP contribution in [0.5, 0.6) is 0 Å². The molecule has 16 heavy (non-hydrogen) atoms. The van der Waals surface area contributed by atoms with Crippen molar-refractivity contribution in [1.29, 1.82) is 0 Å². The Kier molecular flexibility index (Phi) is 3.57. The van der Waals surface area contributed by atoms with Crippen LogP contribution in [0, 0.1) is 6.92 Å². The van der Waals surface area contributed by atoms with Gasteiger partial charge in [0, 0.05) is 18.5 Å². The summed E-state index contributed by atoms with van der Waals surface area (Å²) in [6.07, 6.45) is 1.09. The van der Waals surface area contributed by atoms with Crippen LogP contribution in [0.25, 0.3) is 0 Å². The second-order valence-corrected chi connectivity index (χ2v) is 4.09. The summed E-state index contributed by atoms with van der Waals surface area (Å²) >= 11 is 0. The maximum absolute atomic E-state index is 5.40. The Bertz CT molecular complexity index is 387. The number of hydrogen-bond donors (Lipinski definition) is 1. The summed E-state index contributed by atoms with van der Waals surface area (Å²) in [6.45, 7) is 6.04. The van der Waals surface area contributed by atoms with Gasteiger partial charge in [-0.1, -0.05) is 36.3 Å². The number of rotatable bonds is 4. The van der Waals surface area contributed by atoms with Crippen LogP contribution in [0.1, 0.15) is 24.5 Å². The monoisotopic (exact) mass is 218 g/mol. The maximum Gasteiger partial charge on any atom is 0.145 e. The van der Waals surface area contributed by atoms with E-state index in [1.54, 1.807) is 0 Å². The smallest absolute Gasteiger partial charge is 0.145 e. The highest BCUT2D eigenvalue weighted by atomic mass is 16.6. The highest BCUT2D eigenvalue weighted by Gasteiger charge is 2.22. The van der Waals surface area contributed by atoms with Crippen molar-refractivity contribution in [2.75, 3.05) is 13.1 Å². The molecule has 1 heterocycles. The van der Waals surface area contributed by atoms with Crippen molar-refractivity contribution >= 4 is 5.71 Å². The molecular formula is C13H18N2O. The average Bonchev–Trinajstić information content (AvgIpc) is 2.75. The molecule has 0 amide bonds. The first-order valence-corrected chi connectivity index (χ1v) is 5.80. The third-order valence-corrected chi connectivity index (χ3v) is 2.81. The van der Waals surface area contributed by atoms with E-state index in [0.29, 0.717) is 0 Å². The van der Waals surface area contributed by atoms with Crippen LogP contribution in [0.3, 0.4) is 0 Å². The molecule has 0 fully saturated rings. The van der Waals surface area contributed by atoms with Gasteiger partial charge in [0.2, 0.25) is 0 Å². The SMILES string of the molecule is CCNCC1CC(c2ccccc2C)=NO1. The summed E-state index contributed by atoms with van der Waals surface area (Å²) in [7, 11) is 0. The summed E-state index contributed by atoms with van der Waals surface area (Å²) in [5.74, 6) is 0. The number of aryl methyl sites for hydroxylation is 1. The molecule has 0 saturated heterocycles. The quantitative estimate of drug-likeness (QED) is 0.839. The maximum atomic E-state index is 5.40. The van der Waals surface area contributed by atoms with Gasteiger partial charge in [-0.3, -0.25) is 0 Å². The topological polar surface area (TPSA) is 33.6 Å². The van der Waals surface area contributed by atoms with Crippen molar-refractivity contribution in [3.63, 3.8) is 0 Å². The number of nitrogens with zero attached hydrogens (tertiary/aromatic N) is 1. The molecule has 1 N–H and O–H groups in total. The molecule has 1 atom stereocenters. The van der Waals surface area contributed by atoms with E-state index in [1.807, 2.05) is 12.1 Å². The summed E-state index contributed by atoms with van der Waals surface area (Å²) < 4.78 is 0. The highest BCUT2D eigenvalue weighted by molar-refractivity contribution is 6.02. The van der Waals surface area contributed by atoms with Gasteiger partial charge in [0.25, 0.3) is 0 Å². The molecule has 0 aromatic heterocycles. The molecule has 0 saturated carbocycles. The lowest BCUT2D eigenvalue weighted by Gasteiger charge is -2.08. The number of benzene rings is 1. The van der Waals surface area contributed by atoms with Crippen LogP contribution < -0.4 is 5.32 Å². The van der Waals surface area contributed by atoms with Gasteiger partial charge in [-0.2, -0.15) is 0 Å². The molecular weight excluding hydrogens is 200 g/mol. The van der Waals surface area contributed by atoms with Crippen molar-refractivity contribution in [1.82, 2.24) is 5.32 Å². The summed E-state index contributed by atoms with van der Waals surface area (Å²) in [4.78, 5) is 5.40. The number of nitrogens with one attached hydrogen (secondary N) is 1. The fourth-order valence-electron chi connectivity index (χ4n) is 1.90. The molecule has 3 nitrogen and oxygen atoms in total. The van der Waals surface area contributed by atoms with E-state index in [9.17, 15) is 0 Å². The molecule has 2 rings (SSSR count). The predicted octanol–water partition coefficient (Wildman–Crippen LogP) is 2.10. The minimum absolute atomic E-state index is 0.189. The molecule has 1 aliphatic heterocycles. The highest BCUT2D eigenvalue weighted by Crippen LogP contribution is 2.18. The van der Waals surface area contributed by atoms with E-state index in [1.165, 1.54) is 11.1 Å². The summed E-state index contributed by atoms with van der Waals surface area (Å²) in [5, 5.41) is 7.46. The predicted molar refractivity (Wildman–Crippen MR) is 65.7 cm³/mol. The Morgan fingerprint density at radius 2 is 2.25 bits per heavy atom. The van der Waals surface area contributed by atoms with Crippen LogP contribution in [0.2, 0.25) is 0 Å². The third-order valence-electron chi connectivity index (χ3n) is 2.81. The number of oxime groups is 1. The van der Waals surface area contributed by atoms with Crippen LogP contribution in [0.4, 0.5) is 0 Å². The van der Waals surface area contributed by atoms with E-state index in [-0.39, 0.29) is 6.10 Å². The second kappa shape index (κ2) is 5.12. The molecule has 1 aliphatic rings. The van der Waals surface area contributed by atoms with E-state index in [0.717, 1.165) is 25.2 Å². The minimum atomic E-state index is 0.189. The minimum Gasteiger partial charge on any atom is -0.390 e. The average molecular weight is 218 g/mol. The molecule has 1 aromatic rings. The third kappa shape index (κ3) is 2.42. The molecule has 1 unspecified atom stereocenters. The zero-order chi connectivity index (χ0) is 11.4. The van der Waals surface area contributed by atoms with Crippen LogP contribution in [-0.4, -0.2) is 24.9 Å². The molecule has 86 valence electrons. The van der Waals surface area contributed by atoms with E-state index < -0.39 is 0 Å². The van der Waals surface area contributed by atoms with Crippen LogP contribution in [0.15, 0.2) is 29.4 Å². The van der Waals surface area contributed by atoms with E-state index >= 15 is 0 Å². The number of likely N-dealkylation sites (N-methyl/N-ethyl adjacent to an activating group) is 1. The number of hydrogen-bond acceptors (Lipinski definition) is 3. The van der Waals surface area contributed by atoms with Gasteiger partial charge < -0.3 is 10.2 Å². The molecule has 3 heteroatoms. The van der Waals surface area contributed by atoms with E-state index in [4.69, 9.17) is 4.84 Å². The molecule has 0 bridgehead atoms. The van der Waals surface area contributed by atoms with Gasteiger partial charge in [-0.25, -0.2) is 0 Å². The first kappa shape index (κ1) is 11.1. The van der Waals surface area contributed by atoms with Crippen molar-refractivity contribution in [3.05, 3.63) is 35.4 Å². The summed E-state index contributed by atoms with van der Waals surface area (Å²) in [6, 6.07) is 8.30. The van der Waals surface area contributed by atoms with Crippen LogP contribution in [-0.2, 0) is 4.84 Å². The van der Waals surface area contributed by atoms with Gasteiger partial charge >= 0.3 is 0 Å². The first-order valence-electron chi connectivity index (χ1n) is 5.80. The Labute approximate surface area is 96.5 Å². The molecule has 0 aliphatic carbocycles. The lowest BCUT2D eigenvalue weighted by atomic mass is 10.0. The zero-order valence-electron chi connectivity index (χ0n) is 9.86. The Morgan fingerprint density at radius 3 is 3.00 bits per heavy atom. The second-order valence-electron chi connectivity index (χ2n) is 4.09. The van der Waals surface area contributed by atoms with Crippen molar-refractivity contribution in [2.24, 2.45) is 5.16 Å². The van der Waals surface area contributed by atoms with Gasteiger partial charge in [-0.15, -0.1) is 0 Å². The largest absolute Gasteiger partial charge is 0.390 e. The fourth-order valence-corrected chi connectivity index (χ4v) is 1.90. The lowest BCUT2D eigenvalue weighted by molar-refractivity contribution is 0.0855. The van der Waals surface area contributed by atoms with Gasteiger partial charge in [0.15, 0.2) is 0 Å². The molecule has 1 aromatic carbocycles. The zero-order valence-corrected chi connectivity index (χ0v) is 9.86. The van der Waals surface area contributed by atoms with Gasteiger partial charge in [0.1, 0.15) is 6.10 Å². The standard InChI is InChI=1S/C13H18N2O/c1-3-14-9-11-8-13(15-16-11)12-7-5-4-6-10(12)2/h4-7,11,14H,3,8-9H2,1-2H3. The Balaban J connectivity index is 2.01. The van der Waals surface area contributed by atoms with E-state index in [2.05, 4.69) is 36.5 Å². The van der Waals surface area contributed by atoms with Crippen molar-refractivity contribution < 1.29 is 4.84 Å². The van der Waals surface area contributed by atoms with Gasteiger partial charge in [0.05, 0.1) is 5.71 Å². The van der Waals surface area contributed by atoms with Crippen LogP contribution >= 0.6 is 0 Å². The van der Waals surface area contributed by atoms with Gasteiger partial charge in [-0.05, 0) is 19.0 Å². The summed E-state index contributed by atoms with van der Waals surface area (Å²) in [5.41, 5.74) is 3.54. The van der Waals surface area contributed by atoms with Crippen molar-refractivity contribution in [3.8, 4) is 0 Å².